The van der Waals surface area contributed by atoms with Gasteiger partial charge in [-0.05, 0) is 55.9 Å². The van der Waals surface area contributed by atoms with E-state index in [4.69, 9.17) is 0 Å². The van der Waals surface area contributed by atoms with Crippen LogP contribution in [-0.4, -0.2) is 34.8 Å². The minimum absolute atomic E-state index is 0.0240. The monoisotopic (exact) mass is 479 g/mol. The summed E-state index contributed by atoms with van der Waals surface area (Å²) in [6, 6.07) is 15.3. The quantitative estimate of drug-likeness (QED) is 0.436. The molecule has 0 aliphatic heterocycles. The number of hydrogen-bond acceptors (Lipinski definition) is 4. The Kier molecular flexibility index (Phi) is 6.94. The highest BCUT2D eigenvalue weighted by atomic mass is 32.2. The van der Waals surface area contributed by atoms with Gasteiger partial charge < -0.3 is 9.47 Å². The predicted molar refractivity (Wildman–Crippen MR) is 133 cm³/mol. The molecule has 34 heavy (non-hydrogen) atoms. The van der Waals surface area contributed by atoms with Crippen LogP contribution in [0.4, 0.5) is 0 Å². The summed E-state index contributed by atoms with van der Waals surface area (Å²) in [5.74, 6) is 0.106. The summed E-state index contributed by atoms with van der Waals surface area (Å²) in [6.45, 7) is 8.89. The highest BCUT2D eigenvalue weighted by Gasteiger charge is 2.34. The van der Waals surface area contributed by atoms with Crippen molar-refractivity contribution in [3.8, 4) is 0 Å². The van der Waals surface area contributed by atoms with E-state index >= 15 is 0 Å². The third-order valence-electron chi connectivity index (χ3n) is 6.21. The second-order valence-corrected chi connectivity index (χ2v) is 11.6. The Balaban J connectivity index is 1.66. The van der Waals surface area contributed by atoms with Crippen LogP contribution in [0.1, 0.15) is 59.4 Å². The van der Waals surface area contributed by atoms with Gasteiger partial charge in [-0.25, -0.2) is 13.4 Å². The molecule has 0 bridgehead atoms. The van der Waals surface area contributed by atoms with Crippen LogP contribution >= 0.6 is 0 Å². The molecule has 6 nitrogen and oxygen atoms in total. The van der Waals surface area contributed by atoms with Crippen molar-refractivity contribution < 1.29 is 13.2 Å². The van der Waals surface area contributed by atoms with Gasteiger partial charge in [0, 0.05) is 18.2 Å². The van der Waals surface area contributed by atoms with E-state index < -0.39 is 9.84 Å². The zero-order valence-electron chi connectivity index (χ0n) is 20.4. The third kappa shape index (κ3) is 5.41. The number of hydrogen-bond donors (Lipinski definition) is 0. The molecule has 1 aliphatic carbocycles. The first kappa shape index (κ1) is 24.2. The third-order valence-corrected chi connectivity index (χ3v) is 7.79. The van der Waals surface area contributed by atoms with E-state index in [1.54, 1.807) is 10.8 Å². The summed E-state index contributed by atoms with van der Waals surface area (Å²) < 4.78 is 28.7. The van der Waals surface area contributed by atoms with Crippen molar-refractivity contribution in [2.24, 2.45) is 5.92 Å². The minimum atomic E-state index is -3.66. The molecule has 1 aromatic heterocycles. The van der Waals surface area contributed by atoms with E-state index in [1.165, 1.54) is 0 Å². The predicted octanol–water partition coefficient (Wildman–Crippen LogP) is 4.93. The van der Waals surface area contributed by atoms with Gasteiger partial charge >= 0.3 is 0 Å². The standard InChI is InChI=1S/C27H33N3O3S/c1-19(2)16-30-25(15-28-27(30)34(32,33)18-23-8-6-5-7-21(23)4)17-29(24-13-14-24)26(31)22-11-9-20(3)10-12-22/h5-12,15,19,24H,13-14,16-18H2,1-4H3. The topological polar surface area (TPSA) is 72.3 Å². The molecule has 0 unspecified atom stereocenters. The van der Waals surface area contributed by atoms with Crippen LogP contribution in [-0.2, 0) is 28.7 Å². The SMILES string of the molecule is Cc1ccc(C(=O)N(Cc2cnc(S(=O)(=O)Cc3ccccc3C)n2CC(C)C)C2CC2)cc1. The molecule has 1 fully saturated rings. The lowest BCUT2D eigenvalue weighted by molar-refractivity contribution is 0.0725. The summed E-state index contributed by atoms with van der Waals surface area (Å²) in [5.41, 5.74) is 4.23. The van der Waals surface area contributed by atoms with Crippen molar-refractivity contribution in [1.82, 2.24) is 14.5 Å². The van der Waals surface area contributed by atoms with Gasteiger partial charge in [-0.15, -0.1) is 0 Å². The molecule has 1 heterocycles. The van der Waals surface area contributed by atoms with E-state index in [1.807, 2.05) is 67.3 Å². The lowest BCUT2D eigenvalue weighted by Crippen LogP contribution is -2.33. The van der Waals surface area contributed by atoms with Crippen LogP contribution in [0.25, 0.3) is 0 Å². The summed E-state index contributed by atoms with van der Waals surface area (Å²) in [6.07, 6.45) is 3.56. The summed E-state index contributed by atoms with van der Waals surface area (Å²) >= 11 is 0. The summed E-state index contributed by atoms with van der Waals surface area (Å²) in [5, 5.41) is 0.0815. The van der Waals surface area contributed by atoms with E-state index in [-0.39, 0.29) is 28.8 Å². The lowest BCUT2D eigenvalue weighted by atomic mass is 10.1. The van der Waals surface area contributed by atoms with Crippen LogP contribution in [0.15, 0.2) is 59.9 Å². The van der Waals surface area contributed by atoms with Gasteiger partial charge in [-0.2, -0.15) is 0 Å². The van der Waals surface area contributed by atoms with Crippen molar-refractivity contribution in [3.63, 3.8) is 0 Å². The van der Waals surface area contributed by atoms with Crippen LogP contribution in [0.5, 0.6) is 0 Å². The Morgan fingerprint density at radius 1 is 1.09 bits per heavy atom. The summed E-state index contributed by atoms with van der Waals surface area (Å²) in [7, 11) is -3.66. The summed E-state index contributed by atoms with van der Waals surface area (Å²) in [4.78, 5) is 19.6. The van der Waals surface area contributed by atoms with Gasteiger partial charge in [-0.3, -0.25) is 4.79 Å². The molecule has 4 rings (SSSR count). The molecule has 0 spiro atoms. The van der Waals surface area contributed by atoms with Gasteiger partial charge in [0.25, 0.3) is 5.91 Å². The van der Waals surface area contributed by atoms with Gasteiger partial charge in [0.15, 0.2) is 0 Å². The van der Waals surface area contributed by atoms with Crippen molar-refractivity contribution in [1.29, 1.82) is 0 Å². The van der Waals surface area contributed by atoms with Crippen molar-refractivity contribution in [3.05, 3.63) is 82.7 Å². The Bertz CT molecular complexity index is 1270. The second kappa shape index (κ2) is 9.74. The number of amides is 1. The number of carbonyl (C=O) groups excluding carboxylic acids is 1. The fourth-order valence-electron chi connectivity index (χ4n) is 4.16. The maximum Gasteiger partial charge on any atom is 0.254 e. The normalized spacial score (nSPS) is 13.9. The molecular formula is C27H33N3O3S. The number of rotatable bonds is 9. The highest BCUT2D eigenvalue weighted by molar-refractivity contribution is 7.90. The molecule has 7 heteroatoms. The number of nitrogens with zero attached hydrogens (tertiary/aromatic N) is 3. The van der Waals surface area contributed by atoms with Crippen LogP contribution in [0.2, 0.25) is 0 Å². The van der Waals surface area contributed by atoms with Crippen molar-refractivity contribution in [2.45, 2.75) is 70.6 Å². The molecule has 2 aromatic carbocycles. The van der Waals surface area contributed by atoms with E-state index in [0.29, 0.717) is 18.7 Å². The molecule has 0 atom stereocenters. The average Bonchev–Trinajstić information content (AvgIpc) is 3.54. The first-order chi connectivity index (χ1) is 16.2. The molecule has 0 radical (unpaired) electrons. The van der Waals surface area contributed by atoms with Crippen LogP contribution in [0, 0.1) is 19.8 Å². The number of benzene rings is 2. The van der Waals surface area contributed by atoms with Crippen molar-refractivity contribution >= 4 is 15.7 Å². The van der Waals surface area contributed by atoms with Crippen LogP contribution < -0.4 is 0 Å². The number of sulfone groups is 1. The second-order valence-electron chi connectivity index (χ2n) is 9.75. The molecular weight excluding hydrogens is 446 g/mol. The zero-order valence-corrected chi connectivity index (χ0v) is 21.2. The molecule has 1 aliphatic rings. The first-order valence-corrected chi connectivity index (χ1v) is 13.5. The maximum absolute atomic E-state index is 13.4. The number of carbonyl (C=O) groups is 1. The molecule has 3 aromatic rings. The molecule has 0 N–H and O–H groups in total. The van der Waals surface area contributed by atoms with E-state index in [9.17, 15) is 13.2 Å². The smallest absolute Gasteiger partial charge is 0.254 e. The fraction of sp³-hybridized carbons (Fsp3) is 0.407. The molecule has 0 saturated heterocycles. The Morgan fingerprint density at radius 3 is 2.38 bits per heavy atom. The van der Waals surface area contributed by atoms with Crippen LogP contribution in [0.3, 0.4) is 0 Å². The number of aryl methyl sites for hydroxylation is 2. The molecule has 1 saturated carbocycles. The first-order valence-electron chi connectivity index (χ1n) is 11.8. The lowest BCUT2D eigenvalue weighted by Gasteiger charge is -2.24. The largest absolute Gasteiger partial charge is 0.330 e. The van der Waals surface area contributed by atoms with Gasteiger partial charge in [-0.1, -0.05) is 55.8 Å². The highest BCUT2D eigenvalue weighted by Crippen LogP contribution is 2.31. The van der Waals surface area contributed by atoms with E-state index in [2.05, 4.69) is 18.8 Å². The van der Waals surface area contributed by atoms with Gasteiger partial charge in [0.1, 0.15) is 0 Å². The maximum atomic E-state index is 13.4. The van der Waals surface area contributed by atoms with Gasteiger partial charge in [0.05, 0.1) is 24.2 Å². The Hall–Kier alpha value is -2.93. The zero-order chi connectivity index (χ0) is 24.5. The van der Waals surface area contributed by atoms with Gasteiger partial charge in [0.2, 0.25) is 15.0 Å². The van der Waals surface area contributed by atoms with Crippen molar-refractivity contribution in [2.75, 3.05) is 0 Å². The van der Waals surface area contributed by atoms with E-state index in [0.717, 1.165) is 35.2 Å². The Labute approximate surface area is 202 Å². The number of aromatic nitrogens is 2. The fourth-order valence-corrected chi connectivity index (χ4v) is 5.76. The Morgan fingerprint density at radius 2 is 1.76 bits per heavy atom. The molecule has 1 amide bonds. The molecule has 180 valence electrons. The minimum Gasteiger partial charge on any atom is -0.330 e. The average molecular weight is 480 g/mol. The number of imidazole rings is 1.